The number of aromatic nitrogens is 1. The Morgan fingerprint density at radius 1 is 1.32 bits per heavy atom. The Balaban J connectivity index is 1.72. The van der Waals surface area contributed by atoms with Gasteiger partial charge in [-0.3, -0.25) is 0 Å². The minimum atomic E-state index is -3.27. The van der Waals surface area contributed by atoms with Crippen LogP contribution in [0, 0.1) is 11.6 Å². The van der Waals surface area contributed by atoms with Crippen LogP contribution < -0.4 is 10.0 Å². The molecule has 0 aliphatic carbocycles. The molecule has 1 saturated heterocycles. The van der Waals surface area contributed by atoms with Gasteiger partial charge < -0.3 is 5.32 Å². The van der Waals surface area contributed by atoms with Gasteiger partial charge in [0.1, 0.15) is 16.6 Å². The van der Waals surface area contributed by atoms with Crippen LogP contribution in [0.1, 0.15) is 19.0 Å². The Morgan fingerprint density at radius 2 is 2.04 bits per heavy atom. The Kier molecular flexibility index (Phi) is 5.47. The standard InChI is InChI=1S/C16H19F2N3O2S2/c1-2-25(22,23)21-14-3-4-19-15(14)8-13-9-24-16(20-13)10-5-11(17)7-12(18)6-10/h5-7,9,14-15,19,21H,2-4,8H2,1H3. The van der Waals surface area contributed by atoms with E-state index in [1.54, 1.807) is 6.92 Å². The lowest BCUT2D eigenvalue weighted by molar-refractivity contribution is 0.489. The van der Waals surface area contributed by atoms with Crippen molar-refractivity contribution in [1.82, 2.24) is 15.0 Å². The van der Waals surface area contributed by atoms with Crippen molar-refractivity contribution in [2.24, 2.45) is 0 Å². The predicted octanol–water partition coefficient (Wildman–Crippen LogP) is 2.30. The molecule has 1 aliphatic rings. The molecule has 0 spiro atoms. The molecule has 136 valence electrons. The van der Waals surface area contributed by atoms with E-state index in [1.165, 1.54) is 23.5 Å². The molecule has 3 rings (SSSR count). The Hall–Kier alpha value is -1.42. The third kappa shape index (κ3) is 4.60. The van der Waals surface area contributed by atoms with Gasteiger partial charge in [-0.15, -0.1) is 11.3 Å². The maximum Gasteiger partial charge on any atom is 0.211 e. The molecule has 1 aliphatic heterocycles. The third-order valence-electron chi connectivity index (χ3n) is 4.15. The van der Waals surface area contributed by atoms with Crippen molar-refractivity contribution < 1.29 is 17.2 Å². The number of thiazole rings is 1. The van der Waals surface area contributed by atoms with E-state index in [0.29, 0.717) is 17.0 Å². The predicted molar refractivity (Wildman–Crippen MR) is 94.0 cm³/mol. The van der Waals surface area contributed by atoms with Crippen LogP contribution in [0.25, 0.3) is 10.6 Å². The molecule has 2 N–H and O–H groups in total. The van der Waals surface area contributed by atoms with Crippen molar-refractivity contribution in [3.05, 3.63) is 40.9 Å². The summed E-state index contributed by atoms with van der Waals surface area (Å²) in [6.07, 6.45) is 1.27. The Bertz CT molecular complexity index is 835. The van der Waals surface area contributed by atoms with E-state index in [1.807, 2.05) is 5.38 Å². The van der Waals surface area contributed by atoms with Gasteiger partial charge in [-0.25, -0.2) is 26.9 Å². The van der Waals surface area contributed by atoms with Gasteiger partial charge in [0.05, 0.1) is 11.4 Å². The number of halogens is 2. The molecule has 0 amide bonds. The summed E-state index contributed by atoms with van der Waals surface area (Å²) in [5, 5.41) is 5.66. The summed E-state index contributed by atoms with van der Waals surface area (Å²) in [6, 6.07) is 3.09. The molecule has 2 unspecified atom stereocenters. The van der Waals surface area contributed by atoms with Gasteiger partial charge in [0.2, 0.25) is 10.0 Å². The summed E-state index contributed by atoms with van der Waals surface area (Å²) < 4.78 is 53.0. The van der Waals surface area contributed by atoms with Crippen molar-refractivity contribution in [3.8, 4) is 10.6 Å². The molecule has 0 bridgehead atoms. The number of benzene rings is 1. The minimum absolute atomic E-state index is 0.0439. The van der Waals surface area contributed by atoms with Gasteiger partial charge >= 0.3 is 0 Å². The highest BCUT2D eigenvalue weighted by Crippen LogP contribution is 2.26. The van der Waals surface area contributed by atoms with Gasteiger partial charge in [-0.1, -0.05) is 0 Å². The van der Waals surface area contributed by atoms with Crippen LogP contribution in [0.3, 0.4) is 0 Å². The highest BCUT2D eigenvalue weighted by molar-refractivity contribution is 7.89. The fourth-order valence-corrected chi connectivity index (χ4v) is 4.60. The van der Waals surface area contributed by atoms with Crippen LogP contribution in [0.4, 0.5) is 8.78 Å². The first-order valence-corrected chi connectivity index (χ1v) is 10.5. The van der Waals surface area contributed by atoms with Crippen molar-refractivity contribution in [1.29, 1.82) is 0 Å². The number of rotatable bonds is 6. The third-order valence-corrected chi connectivity index (χ3v) is 6.51. The zero-order valence-electron chi connectivity index (χ0n) is 13.6. The molecular formula is C16H19F2N3O2S2. The van der Waals surface area contributed by atoms with Gasteiger partial charge in [0, 0.05) is 35.5 Å². The second-order valence-electron chi connectivity index (χ2n) is 5.98. The van der Waals surface area contributed by atoms with Gasteiger partial charge in [0.25, 0.3) is 0 Å². The van der Waals surface area contributed by atoms with E-state index in [4.69, 9.17) is 0 Å². The summed E-state index contributed by atoms with van der Waals surface area (Å²) in [5.74, 6) is -1.24. The molecule has 0 radical (unpaired) electrons. The summed E-state index contributed by atoms with van der Waals surface area (Å²) in [5.41, 5.74) is 1.17. The summed E-state index contributed by atoms with van der Waals surface area (Å²) in [6.45, 7) is 2.33. The van der Waals surface area contributed by atoms with E-state index >= 15 is 0 Å². The van der Waals surface area contributed by atoms with Crippen LogP contribution in [0.2, 0.25) is 0 Å². The first-order valence-electron chi connectivity index (χ1n) is 8.00. The van der Waals surface area contributed by atoms with E-state index < -0.39 is 21.7 Å². The molecule has 0 saturated carbocycles. The quantitative estimate of drug-likeness (QED) is 0.798. The first-order chi connectivity index (χ1) is 11.9. The van der Waals surface area contributed by atoms with Crippen LogP contribution in [0.5, 0.6) is 0 Å². The van der Waals surface area contributed by atoms with Crippen LogP contribution in [-0.2, 0) is 16.4 Å². The Morgan fingerprint density at radius 3 is 2.72 bits per heavy atom. The number of sulfonamides is 1. The molecule has 1 aromatic heterocycles. The summed E-state index contributed by atoms with van der Waals surface area (Å²) >= 11 is 1.31. The van der Waals surface area contributed by atoms with E-state index in [9.17, 15) is 17.2 Å². The minimum Gasteiger partial charge on any atom is -0.312 e. The van der Waals surface area contributed by atoms with Gasteiger partial charge in [-0.2, -0.15) is 0 Å². The maximum atomic E-state index is 13.4. The van der Waals surface area contributed by atoms with Crippen molar-refractivity contribution in [3.63, 3.8) is 0 Å². The summed E-state index contributed by atoms with van der Waals surface area (Å²) in [4.78, 5) is 4.45. The average Bonchev–Trinajstić information content (AvgIpc) is 3.17. The van der Waals surface area contributed by atoms with Crippen LogP contribution in [0.15, 0.2) is 23.6 Å². The van der Waals surface area contributed by atoms with Crippen LogP contribution in [-0.4, -0.2) is 37.8 Å². The fourth-order valence-electron chi connectivity index (χ4n) is 2.87. The molecule has 1 aromatic carbocycles. The normalized spacial score (nSPS) is 20.9. The lowest BCUT2D eigenvalue weighted by Gasteiger charge is -2.19. The van der Waals surface area contributed by atoms with Gasteiger partial charge in [0.15, 0.2) is 0 Å². The van der Waals surface area contributed by atoms with Crippen LogP contribution >= 0.6 is 11.3 Å². The zero-order valence-corrected chi connectivity index (χ0v) is 15.3. The Labute approximate surface area is 149 Å². The molecule has 2 heterocycles. The number of hydrogen-bond donors (Lipinski definition) is 2. The van der Waals surface area contributed by atoms with E-state index in [2.05, 4.69) is 15.0 Å². The van der Waals surface area contributed by atoms with E-state index in [-0.39, 0.29) is 17.8 Å². The van der Waals surface area contributed by atoms with Crippen molar-refractivity contribution in [2.75, 3.05) is 12.3 Å². The lowest BCUT2D eigenvalue weighted by Crippen LogP contribution is -2.45. The monoisotopic (exact) mass is 387 g/mol. The topological polar surface area (TPSA) is 71.1 Å². The summed E-state index contributed by atoms with van der Waals surface area (Å²) in [7, 11) is -3.27. The highest BCUT2D eigenvalue weighted by Gasteiger charge is 2.30. The molecule has 1 fully saturated rings. The molecule has 2 aromatic rings. The van der Waals surface area contributed by atoms with E-state index in [0.717, 1.165) is 24.7 Å². The maximum absolute atomic E-state index is 13.4. The molecule has 25 heavy (non-hydrogen) atoms. The van der Waals surface area contributed by atoms with Gasteiger partial charge in [-0.05, 0) is 32.0 Å². The number of nitrogens with one attached hydrogen (secondary N) is 2. The highest BCUT2D eigenvalue weighted by atomic mass is 32.2. The second kappa shape index (κ2) is 7.45. The lowest BCUT2D eigenvalue weighted by atomic mass is 10.1. The largest absolute Gasteiger partial charge is 0.312 e. The zero-order chi connectivity index (χ0) is 18.0. The van der Waals surface area contributed by atoms with Crippen molar-refractivity contribution in [2.45, 2.75) is 31.8 Å². The molecule has 9 heteroatoms. The second-order valence-corrected chi connectivity index (χ2v) is 8.88. The molecule has 5 nitrogen and oxygen atoms in total. The smallest absolute Gasteiger partial charge is 0.211 e. The first kappa shape index (κ1) is 18.4. The molecular weight excluding hydrogens is 368 g/mol. The number of hydrogen-bond acceptors (Lipinski definition) is 5. The molecule has 2 atom stereocenters. The number of nitrogens with zero attached hydrogens (tertiary/aromatic N) is 1. The SMILES string of the molecule is CCS(=O)(=O)NC1CCNC1Cc1csc(-c2cc(F)cc(F)c2)n1. The fraction of sp³-hybridized carbons (Fsp3) is 0.438. The average molecular weight is 387 g/mol. The van der Waals surface area contributed by atoms with Crippen molar-refractivity contribution >= 4 is 21.4 Å².